The van der Waals surface area contributed by atoms with E-state index in [1.165, 1.54) is 0 Å². The highest BCUT2D eigenvalue weighted by molar-refractivity contribution is 9.10. The predicted octanol–water partition coefficient (Wildman–Crippen LogP) is 5.15. The molecule has 0 fully saturated rings. The lowest BCUT2D eigenvalue weighted by molar-refractivity contribution is 0.630. The van der Waals surface area contributed by atoms with E-state index in [-0.39, 0.29) is 0 Å². The second kappa shape index (κ2) is 4.24. The van der Waals surface area contributed by atoms with E-state index < -0.39 is 0 Å². The molecule has 0 N–H and O–H groups in total. The fraction of sp³-hybridized carbons (Fsp3) is 0. The number of hydrogen-bond acceptors (Lipinski definition) is 2. The van der Waals surface area contributed by atoms with Crippen LogP contribution in [0.2, 0.25) is 0 Å². The molecule has 1 aromatic heterocycles. The van der Waals surface area contributed by atoms with Crippen LogP contribution in [0.25, 0.3) is 22.3 Å². The van der Waals surface area contributed by atoms with Gasteiger partial charge in [0.2, 0.25) is 0 Å². The second-order valence-corrected chi connectivity index (χ2v) is 5.27. The topological polar surface area (TPSA) is 13.1 Å². The van der Waals surface area contributed by atoms with E-state index in [1.807, 2.05) is 48.5 Å². The number of furan rings is 1. The molecule has 3 aromatic rings. The lowest BCUT2D eigenvalue weighted by Gasteiger charge is -1.95. The molecular formula is C14H9BrOS. The third-order valence-electron chi connectivity index (χ3n) is 2.63. The van der Waals surface area contributed by atoms with Crippen molar-refractivity contribution >= 4 is 39.5 Å². The first-order chi connectivity index (χ1) is 8.22. The molecule has 0 aliphatic rings. The van der Waals surface area contributed by atoms with Gasteiger partial charge in [0, 0.05) is 20.3 Å². The molecule has 0 saturated heterocycles. The minimum absolute atomic E-state index is 0.871. The van der Waals surface area contributed by atoms with Gasteiger partial charge in [-0.15, -0.1) is 12.6 Å². The molecule has 2 aromatic carbocycles. The molecule has 84 valence electrons. The van der Waals surface area contributed by atoms with Gasteiger partial charge in [-0.2, -0.15) is 0 Å². The standard InChI is InChI=1S/C14H9BrOS/c15-11-4-1-9(2-5-11)13-7-10-3-6-12(17)8-14(10)16-13/h1-8,17H. The molecule has 3 heteroatoms. The lowest BCUT2D eigenvalue weighted by atomic mass is 10.1. The van der Waals surface area contributed by atoms with E-state index in [9.17, 15) is 0 Å². The van der Waals surface area contributed by atoms with Crippen LogP contribution in [0.3, 0.4) is 0 Å². The van der Waals surface area contributed by atoms with E-state index in [0.29, 0.717) is 0 Å². The summed E-state index contributed by atoms with van der Waals surface area (Å²) in [5.74, 6) is 0.881. The van der Waals surface area contributed by atoms with E-state index in [4.69, 9.17) is 4.42 Å². The zero-order chi connectivity index (χ0) is 11.8. The van der Waals surface area contributed by atoms with Gasteiger partial charge in [0.15, 0.2) is 0 Å². The molecule has 0 amide bonds. The summed E-state index contributed by atoms with van der Waals surface area (Å²) in [5, 5.41) is 1.10. The van der Waals surface area contributed by atoms with Crippen LogP contribution < -0.4 is 0 Å². The van der Waals surface area contributed by atoms with Crippen molar-refractivity contribution in [2.45, 2.75) is 4.90 Å². The number of thiol groups is 1. The summed E-state index contributed by atoms with van der Waals surface area (Å²) in [6.07, 6.45) is 0. The summed E-state index contributed by atoms with van der Waals surface area (Å²) in [7, 11) is 0. The maximum Gasteiger partial charge on any atom is 0.135 e. The lowest BCUT2D eigenvalue weighted by Crippen LogP contribution is -1.71. The maximum absolute atomic E-state index is 5.81. The van der Waals surface area contributed by atoms with E-state index >= 15 is 0 Å². The minimum atomic E-state index is 0.871. The maximum atomic E-state index is 5.81. The Morgan fingerprint density at radius 1 is 0.941 bits per heavy atom. The van der Waals surface area contributed by atoms with Gasteiger partial charge in [-0.3, -0.25) is 0 Å². The molecule has 17 heavy (non-hydrogen) atoms. The van der Waals surface area contributed by atoms with Crippen molar-refractivity contribution in [1.82, 2.24) is 0 Å². The van der Waals surface area contributed by atoms with Crippen molar-refractivity contribution in [3.8, 4) is 11.3 Å². The molecule has 1 nitrogen and oxygen atoms in total. The summed E-state index contributed by atoms with van der Waals surface area (Å²) in [4.78, 5) is 0.911. The molecule has 0 aliphatic carbocycles. The van der Waals surface area contributed by atoms with Crippen LogP contribution in [-0.2, 0) is 0 Å². The first-order valence-electron chi connectivity index (χ1n) is 5.21. The molecule has 3 rings (SSSR count). The monoisotopic (exact) mass is 304 g/mol. The molecular weight excluding hydrogens is 296 g/mol. The summed E-state index contributed by atoms with van der Waals surface area (Å²) in [6.45, 7) is 0. The fourth-order valence-corrected chi connectivity index (χ4v) is 2.23. The highest BCUT2D eigenvalue weighted by Crippen LogP contribution is 2.29. The van der Waals surface area contributed by atoms with Gasteiger partial charge >= 0.3 is 0 Å². The molecule has 0 saturated carbocycles. The van der Waals surface area contributed by atoms with Gasteiger partial charge in [0.05, 0.1) is 0 Å². The van der Waals surface area contributed by atoms with E-state index in [1.54, 1.807) is 0 Å². The Bertz CT molecular complexity index is 670. The predicted molar refractivity (Wildman–Crippen MR) is 76.6 cm³/mol. The van der Waals surface area contributed by atoms with Crippen LogP contribution in [0, 0.1) is 0 Å². The Labute approximate surface area is 113 Å². The van der Waals surface area contributed by atoms with Crippen molar-refractivity contribution in [2.24, 2.45) is 0 Å². The molecule has 1 heterocycles. The minimum Gasteiger partial charge on any atom is -0.456 e. The number of rotatable bonds is 1. The average molecular weight is 305 g/mol. The molecule has 0 atom stereocenters. The van der Waals surface area contributed by atoms with Crippen LogP contribution in [0.5, 0.6) is 0 Å². The summed E-state index contributed by atoms with van der Waals surface area (Å²) in [6, 6.07) is 16.0. The molecule has 0 radical (unpaired) electrons. The Hall–Kier alpha value is -1.19. The Balaban J connectivity index is 2.14. The highest BCUT2D eigenvalue weighted by atomic mass is 79.9. The van der Waals surface area contributed by atoms with E-state index in [2.05, 4.69) is 28.6 Å². The van der Waals surface area contributed by atoms with Crippen LogP contribution in [0.4, 0.5) is 0 Å². The SMILES string of the molecule is Sc1ccc2cc(-c3ccc(Br)cc3)oc2c1. The van der Waals surface area contributed by atoms with Crippen molar-refractivity contribution in [3.63, 3.8) is 0 Å². The summed E-state index contributed by atoms with van der Waals surface area (Å²) < 4.78 is 6.88. The van der Waals surface area contributed by atoms with Gasteiger partial charge in [0.25, 0.3) is 0 Å². The Morgan fingerprint density at radius 3 is 2.47 bits per heavy atom. The van der Waals surface area contributed by atoms with Gasteiger partial charge in [-0.1, -0.05) is 28.1 Å². The van der Waals surface area contributed by atoms with Gasteiger partial charge < -0.3 is 4.42 Å². The Morgan fingerprint density at radius 2 is 1.71 bits per heavy atom. The highest BCUT2D eigenvalue weighted by Gasteiger charge is 2.06. The van der Waals surface area contributed by atoms with Crippen molar-refractivity contribution in [2.75, 3.05) is 0 Å². The van der Waals surface area contributed by atoms with Gasteiger partial charge in [0.1, 0.15) is 11.3 Å². The van der Waals surface area contributed by atoms with Crippen molar-refractivity contribution < 1.29 is 4.42 Å². The quantitative estimate of drug-likeness (QED) is 0.613. The number of fused-ring (bicyclic) bond motifs is 1. The second-order valence-electron chi connectivity index (χ2n) is 3.84. The zero-order valence-electron chi connectivity index (χ0n) is 8.85. The molecule has 0 unspecified atom stereocenters. The van der Waals surface area contributed by atoms with Gasteiger partial charge in [-0.25, -0.2) is 0 Å². The first kappa shape index (κ1) is 10.9. The zero-order valence-corrected chi connectivity index (χ0v) is 11.3. The number of benzene rings is 2. The summed E-state index contributed by atoms with van der Waals surface area (Å²) in [5.41, 5.74) is 1.94. The first-order valence-corrected chi connectivity index (χ1v) is 6.45. The van der Waals surface area contributed by atoms with Crippen LogP contribution >= 0.6 is 28.6 Å². The molecule has 0 spiro atoms. The Kier molecular flexibility index (Phi) is 2.73. The van der Waals surface area contributed by atoms with Gasteiger partial charge in [-0.05, 0) is 36.4 Å². The number of hydrogen-bond donors (Lipinski definition) is 1. The van der Waals surface area contributed by atoms with Crippen LogP contribution in [0.15, 0.2) is 62.3 Å². The average Bonchev–Trinajstić information content (AvgIpc) is 2.72. The largest absolute Gasteiger partial charge is 0.456 e. The van der Waals surface area contributed by atoms with Crippen LogP contribution in [0.1, 0.15) is 0 Å². The van der Waals surface area contributed by atoms with E-state index in [0.717, 1.165) is 31.7 Å². The van der Waals surface area contributed by atoms with Crippen molar-refractivity contribution in [1.29, 1.82) is 0 Å². The fourth-order valence-electron chi connectivity index (χ4n) is 1.78. The summed E-state index contributed by atoms with van der Waals surface area (Å²) >= 11 is 7.73. The number of halogens is 1. The molecule has 0 bridgehead atoms. The molecule has 0 aliphatic heterocycles. The van der Waals surface area contributed by atoms with Crippen LogP contribution in [-0.4, -0.2) is 0 Å². The van der Waals surface area contributed by atoms with Crippen molar-refractivity contribution in [3.05, 3.63) is 53.0 Å². The normalized spacial score (nSPS) is 10.9. The smallest absolute Gasteiger partial charge is 0.135 e. The third kappa shape index (κ3) is 2.13. The third-order valence-corrected chi connectivity index (χ3v) is 3.44.